The monoisotopic (exact) mass is 159 g/mol. The van der Waals surface area contributed by atoms with Crippen molar-refractivity contribution in [3.8, 4) is 0 Å². The molecule has 2 heteroatoms. The highest BCUT2D eigenvalue weighted by atomic mass is 16.1. The van der Waals surface area contributed by atoms with Gasteiger partial charge in [-0.1, -0.05) is 12.2 Å². The Balaban J connectivity index is 2.34. The zero-order chi connectivity index (χ0) is 8.55. The van der Waals surface area contributed by atoms with Crippen LogP contribution in [0.3, 0.4) is 0 Å². The molecule has 1 heterocycles. The van der Waals surface area contributed by atoms with Crippen molar-refractivity contribution >= 4 is 12.0 Å². The van der Waals surface area contributed by atoms with Gasteiger partial charge in [0.2, 0.25) is 0 Å². The first kappa shape index (κ1) is 7.22. The topological polar surface area (TPSA) is 29.4 Å². The van der Waals surface area contributed by atoms with Crippen LogP contribution in [0.2, 0.25) is 0 Å². The Hall–Kier alpha value is -1.44. The van der Waals surface area contributed by atoms with Gasteiger partial charge in [-0.25, -0.2) is 0 Å². The quantitative estimate of drug-likeness (QED) is 0.569. The van der Waals surface area contributed by atoms with E-state index in [1.807, 2.05) is 24.3 Å². The van der Waals surface area contributed by atoms with Crippen molar-refractivity contribution in [2.75, 3.05) is 0 Å². The highest BCUT2D eigenvalue weighted by molar-refractivity contribution is 5.97. The number of hydrogen-bond donors (Lipinski definition) is 0. The first-order chi connectivity index (χ1) is 5.77. The molecule has 0 spiro atoms. The molecule has 0 fully saturated rings. The third-order valence-electron chi connectivity index (χ3n) is 2.04. The zero-order valence-electron chi connectivity index (χ0n) is 6.82. The Bertz CT molecular complexity index is 345. The van der Waals surface area contributed by atoms with E-state index >= 15 is 0 Å². The van der Waals surface area contributed by atoms with Crippen molar-refractivity contribution in [3.63, 3.8) is 0 Å². The molecule has 0 aromatic rings. The van der Waals surface area contributed by atoms with E-state index in [0.29, 0.717) is 0 Å². The SMILES string of the molecule is CC(=O)C1=CC2=CC=NC2C=C1. The standard InChI is InChI=1S/C10H9NO/c1-7(12)8-2-3-10-9(6-8)4-5-11-10/h2-6,10H,1H3. The summed E-state index contributed by atoms with van der Waals surface area (Å²) >= 11 is 0. The van der Waals surface area contributed by atoms with Crippen molar-refractivity contribution in [3.05, 3.63) is 35.5 Å². The van der Waals surface area contributed by atoms with Gasteiger partial charge in [0.05, 0.1) is 6.04 Å². The predicted octanol–water partition coefficient (Wildman–Crippen LogP) is 1.45. The minimum Gasteiger partial charge on any atom is -0.295 e. The van der Waals surface area contributed by atoms with E-state index < -0.39 is 0 Å². The molecule has 0 saturated carbocycles. The number of rotatable bonds is 1. The van der Waals surface area contributed by atoms with Crippen molar-refractivity contribution in [2.45, 2.75) is 13.0 Å². The molecule has 2 aliphatic rings. The molecule has 1 unspecified atom stereocenters. The van der Waals surface area contributed by atoms with Crippen LogP contribution in [-0.2, 0) is 4.79 Å². The molecule has 0 bridgehead atoms. The van der Waals surface area contributed by atoms with E-state index in [9.17, 15) is 4.79 Å². The van der Waals surface area contributed by atoms with Gasteiger partial charge < -0.3 is 0 Å². The van der Waals surface area contributed by atoms with Gasteiger partial charge >= 0.3 is 0 Å². The molecule has 12 heavy (non-hydrogen) atoms. The number of hydrogen-bond acceptors (Lipinski definition) is 2. The number of Topliss-reactive ketones (excluding diaryl/α,β-unsaturated/α-hetero) is 1. The van der Waals surface area contributed by atoms with Gasteiger partial charge in [-0.3, -0.25) is 9.79 Å². The van der Waals surface area contributed by atoms with E-state index in [4.69, 9.17) is 0 Å². The van der Waals surface area contributed by atoms with Gasteiger partial charge in [0, 0.05) is 11.8 Å². The van der Waals surface area contributed by atoms with E-state index in [1.165, 1.54) is 0 Å². The molecule has 1 aliphatic carbocycles. The average molecular weight is 159 g/mol. The van der Waals surface area contributed by atoms with Crippen molar-refractivity contribution in [1.82, 2.24) is 0 Å². The van der Waals surface area contributed by atoms with E-state index in [1.54, 1.807) is 13.1 Å². The summed E-state index contributed by atoms with van der Waals surface area (Å²) in [5.74, 6) is 0.109. The molecule has 0 radical (unpaired) electrons. The number of fused-ring (bicyclic) bond motifs is 1. The lowest BCUT2D eigenvalue weighted by molar-refractivity contribution is -0.113. The second-order valence-corrected chi connectivity index (χ2v) is 2.92. The first-order valence-electron chi connectivity index (χ1n) is 3.91. The predicted molar refractivity (Wildman–Crippen MR) is 48.3 cm³/mol. The fourth-order valence-electron chi connectivity index (χ4n) is 1.34. The lowest BCUT2D eigenvalue weighted by Crippen LogP contribution is -2.07. The Labute approximate surface area is 71.0 Å². The molecule has 1 aliphatic heterocycles. The number of carbonyl (C=O) groups excluding carboxylic acids is 1. The minimum absolute atomic E-state index is 0.109. The molecule has 1 atom stereocenters. The van der Waals surface area contributed by atoms with Gasteiger partial charge in [0.25, 0.3) is 0 Å². The molecule has 60 valence electrons. The lowest BCUT2D eigenvalue weighted by atomic mass is 9.97. The summed E-state index contributed by atoms with van der Waals surface area (Å²) in [6, 6.07) is 0.160. The Morgan fingerprint density at radius 3 is 3.17 bits per heavy atom. The largest absolute Gasteiger partial charge is 0.295 e. The first-order valence-corrected chi connectivity index (χ1v) is 3.91. The van der Waals surface area contributed by atoms with Crippen LogP contribution in [0.25, 0.3) is 0 Å². The normalized spacial score (nSPS) is 24.9. The van der Waals surface area contributed by atoms with Crippen molar-refractivity contribution < 1.29 is 4.79 Å². The third-order valence-corrected chi connectivity index (χ3v) is 2.04. The van der Waals surface area contributed by atoms with Crippen LogP contribution in [0, 0.1) is 0 Å². The van der Waals surface area contributed by atoms with Crippen molar-refractivity contribution in [2.24, 2.45) is 4.99 Å². The molecular formula is C10H9NO. The zero-order valence-corrected chi connectivity index (χ0v) is 6.82. The maximum atomic E-state index is 11.0. The molecule has 2 nitrogen and oxygen atoms in total. The Morgan fingerprint density at radius 2 is 2.42 bits per heavy atom. The summed E-state index contributed by atoms with van der Waals surface area (Å²) in [6.45, 7) is 1.58. The van der Waals surface area contributed by atoms with Crippen LogP contribution in [0.5, 0.6) is 0 Å². The minimum atomic E-state index is 0.109. The number of nitrogens with zero attached hydrogens (tertiary/aromatic N) is 1. The molecule has 0 N–H and O–H groups in total. The van der Waals surface area contributed by atoms with Gasteiger partial charge in [0.1, 0.15) is 0 Å². The smallest absolute Gasteiger partial charge is 0.159 e. The number of allylic oxidation sites excluding steroid dienone is 3. The van der Waals surface area contributed by atoms with Gasteiger partial charge in [-0.15, -0.1) is 0 Å². The summed E-state index contributed by atoms with van der Waals surface area (Å²) in [6.07, 6.45) is 9.42. The summed E-state index contributed by atoms with van der Waals surface area (Å²) in [7, 11) is 0. The molecule has 0 saturated heterocycles. The van der Waals surface area contributed by atoms with Crippen LogP contribution >= 0.6 is 0 Å². The maximum Gasteiger partial charge on any atom is 0.159 e. The number of aliphatic imine (C=N–C) groups is 1. The molecule has 2 rings (SSSR count). The summed E-state index contributed by atoms with van der Waals surface area (Å²) in [5, 5.41) is 0. The maximum absolute atomic E-state index is 11.0. The summed E-state index contributed by atoms with van der Waals surface area (Å²) < 4.78 is 0. The van der Waals surface area contributed by atoms with Gasteiger partial charge in [-0.05, 0) is 24.6 Å². The molecule has 0 amide bonds. The third kappa shape index (κ3) is 1.05. The summed E-state index contributed by atoms with van der Waals surface area (Å²) in [4.78, 5) is 15.2. The summed E-state index contributed by atoms with van der Waals surface area (Å²) in [5.41, 5.74) is 1.88. The second-order valence-electron chi connectivity index (χ2n) is 2.92. The molecule has 0 aromatic heterocycles. The van der Waals surface area contributed by atoms with E-state index in [-0.39, 0.29) is 11.8 Å². The van der Waals surface area contributed by atoms with Crippen LogP contribution in [0.4, 0.5) is 0 Å². The fraction of sp³-hybridized carbons (Fsp3) is 0.200. The number of carbonyl (C=O) groups is 1. The van der Waals surface area contributed by atoms with Crippen LogP contribution < -0.4 is 0 Å². The highest BCUT2D eigenvalue weighted by Crippen LogP contribution is 2.21. The second kappa shape index (κ2) is 2.55. The van der Waals surface area contributed by atoms with E-state index in [0.717, 1.165) is 11.1 Å². The number of ketones is 1. The van der Waals surface area contributed by atoms with Crippen LogP contribution in [-0.4, -0.2) is 18.0 Å². The van der Waals surface area contributed by atoms with Gasteiger partial charge in [0.15, 0.2) is 5.78 Å². The van der Waals surface area contributed by atoms with E-state index in [2.05, 4.69) is 4.99 Å². The lowest BCUT2D eigenvalue weighted by Gasteiger charge is -2.10. The van der Waals surface area contributed by atoms with Crippen molar-refractivity contribution in [1.29, 1.82) is 0 Å². The van der Waals surface area contributed by atoms with Crippen LogP contribution in [0.1, 0.15) is 6.92 Å². The highest BCUT2D eigenvalue weighted by Gasteiger charge is 2.16. The average Bonchev–Trinajstić information content (AvgIpc) is 2.49. The van der Waals surface area contributed by atoms with Crippen LogP contribution in [0.15, 0.2) is 40.4 Å². The Kier molecular flexibility index (Phi) is 1.54. The molecular weight excluding hydrogens is 150 g/mol. The van der Waals surface area contributed by atoms with Gasteiger partial charge in [-0.2, -0.15) is 0 Å². The Morgan fingerprint density at radius 1 is 1.58 bits per heavy atom. The molecule has 0 aromatic carbocycles. The fourth-order valence-corrected chi connectivity index (χ4v) is 1.34.